The lowest BCUT2D eigenvalue weighted by Crippen LogP contribution is -2.26. The minimum absolute atomic E-state index is 0.0455. The van der Waals surface area contributed by atoms with Crippen LogP contribution in [0.15, 0.2) is 58.2 Å². The Hall–Kier alpha value is -2.93. The summed E-state index contributed by atoms with van der Waals surface area (Å²) in [7, 11) is -1.65. The van der Waals surface area contributed by atoms with Crippen LogP contribution in [-0.2, 0) is 16.4 Å². The zero-order valence-electron chi connectivity index (χ0n) is 17.8. The van der Waals surface area contributed by atoms with Crippen molar-refractivity contribution >= 4 is 32.3 Å². The molecule has 3 rings (SSSR count). The van der Waals surface area contributed by atoms with Crippen LogP contribution in [-0.4, -0.2) is 32.2 Å². The van der Waals surface area contributed by atoms with Crippen LogP contribution in [0, 0.1) is 0 Å². The van der Waals surface area contributed by atoms with Crippen LogP contribution in [0.25, 0.3) is 10.9 Å². The lowest BCUT2D eigenvalue weighted by molar-refractivity contribution is 0.0993. The molecule has 1 amide bonds. The molecule has 0 aliphatic heterocycles. The van der Waals surface area contributed by atoms with Gasteiger partial charge >= 0.3 is 0 Å². The van der Waals surface area contributed by atoms with Gasteiger partial charge in [0.25, 0.3) is 11.5 Å². The number of aromatic nitrogens is 1. The fourth-order valence-electron chi connectivity index (χ4n) is 3.57. The highest BCUT2D eigenvalue weighted by Crippen LogP contribution is 2.26. The number of carbonyl (C=O) groups excluding carboxylic acids is 1. The minimum Gasteiger partial charge on any atom is -0.311 e. The Morgan fingerprint density at radius 3 is 2.23 bits per heavy atom. The fraction of sp³-hybridized carbons (Fsp3) is 0.304. The van der Waals surface area contributed by atoms with Crippen LogP contribution in [0.1, 0.15) is 42.6 Å². The first-order chi connectivity index (χ1) is 14.0. The molecule has 0 aliphatic rings. The van der Waals surface area contributed by atoms with Crippen LogP contribution in [0.4, 0.5) is 5.69 Å². The molecular weight excluding hydrogens is 400 g/mol. The average Bonchev–Trinajstić information content (AvgIpc) is 2.71. The monoisotopic (exact) mass is 426 g/mol. The Balaban J connectivity index is 2.05. The average molecular weight is 427 g/mol. The van der Waals surface area contributed by atoms with E-state index in [9.17, 15) is 18.0 Å². The summed E-state index contributed by atoms with van der Waals surface area (Å²) in [5, 5.41) is 0.887. The van der Waals surface area contributed by atoms with E-state index in [1.54, 1.807) is 35.9 Å². The third-order valence-corrected chi connectivity index (χ3v) is 6.41. The zero-order valence-corrected chi connectivity index (χ0v) is 18.7. The van der Waals surface area contributed by atoms with E-state index in [0.29, 0.717) is 17.8 Å². The number of pyridine rings is 1. The summed E-state index contributed by atoms with van der Waals surface area (Å²) in [6.45, 7) is 6.51. The molecule has 1 heterocycles. The number of carbonyl (C=O) groups is 1. The second-order valence-electron chi connectivity index (χ2n) is 7.70. The Bertz CT molecular complexity index is 1270. The van der Waals surface area contributed by atoms with Gasteiger partial charge in [-0.3, -0.25) is 9.59 Å². The van der Waals surface area contributed by atoms with Crippen molar-refractivity contribution in [2.24, 2.45) is 0 Å². The number of anilines is 1. The minimum atomic E-state index is -3.30. The molecular formula is C23H26N2O4S. The molecule has 0 saturated heterocycles. The largest absolute Gasteiger partial charge is 0.311 e. The molecule has 3 aromatic rings. The summed E-state index contributed by atoms with van der Waals surface area (Å²) in [6.07, 6.45) is 1.15. The van der Waals surface area contributed by atoms with Crippen LogP contribution >= 0.6 is 0 Å². The Morgan fingerprint density at radius 2 is 1.70 bits per heavy atom. The predicted octanol–water partition coefficient (Wildman–Crippen LogP) is 3.82. The lowest BCUT2D eigenvalue weighted by Gasteiger charge is -2.19. The van der Waals surface area contributed by atoms with Crippen molar-refractivity contribution < 1.29 is 13.2 Å². The summed E-state index contributed by atoms with van der Waals surface area (Å²) in [4.78, 5) is 27.2. The Labute approximate surface area is 176 Å². The van der Waals surface area contributed by atoms with E-state index in [0.717, 1.165) is 22.7 Å². The van der Waals surface area contributed by atoms with Gasteiger partial charge in [0.2, 0.25) is 0 Å². The highest BCUT2D eigenvalue weighted by atomic mass is 32.2. The van der Waals surface area contributed by atoms with Crippen molar-refractivity contribution in [3.05, 3.63) is 70.0 Å². The Morgan fingerprint density at radius 1 is 1.07 bits per heavy atom. The molecule has 158 valence electrons. The van der Waals surface area contributed by atoms with Crippen molar-refractivity contribution in [1.29, 1.82) is 0 Å². The molecule has 7 heteroatoms. The first kappa shape index (κ1) is 21.8. The van der Waals surface area contributed by atoms with Crippen molar-refractivity contribution in [1.82, 2.24) is 4.57 Å². The van der Waals surface area contributed by atoms with Gasteiger partial charge in [0.15, 0.2) is 9.84 Å². The van der Waals surface area contributed by atoms with Gasteiger partial charge in [0.1, 0.15) is 0 Å². The maximum absolute atomic E-state index is 13.1. The number of rotatable bonds is 5. The van der Waals surface area contributed by atoms with Gasteiger partial charge in [-0.15, -0.1) is 0 Å². The summed E-state index contributed by atoms with van der Waals surface area (Å²) >= 11 is 0. The van der Waals surface area contributed by atoms with Crippen molar-refractivity contribution in [3.63, 3.8) is 0 Å². The highest BCUT2D eigenvalue weighted by Gasteiger charge is 2.18. The topological polar surface area (TPSA) is 76.5 Å². The number of fused-ring (bicyclic) bond motifs is 1. The van der Waals surface area contributed by atoms with E-state index < -0.39 is 9.84 Å². The Kier molecular flexibility index (Phi) is 5.85. The second kappa shape index (κ2) is 8.07. The molecule has 2 aromatic carbocycles. The van der Waals surface area contributed by atoms with E-state index in [2.05, 4.69) is 0 Å². The van der Waals surface area contributed by atoms with E-state index in [-0.39, 0.29) is 22.3 Å². The van der Waals surface area contributed by atoms with Crippen molar-refractivity contribution in [2.45, 2.75) is 38.1 Å². The number of hydrogen-bond donors (Lipinski definition) is 0. The molecule has 30 heavy (non-hydrogen) atoms. The van der Waals surface area contributed by atoms with Gasteiger partial charge in [0.05, 0.1) is 10.4 Å². The van der Waals surface area contributed by atoms with Gasteiger partial charge in [-0.25, -0.2) is 8.42 Å². The molecule has 0 bridgehead atoms. The number of benzene rings is 2. The summed E-state index contributed by atoms with van der Waals surface area (Å²) < 4.78 is 25.0. The van der Waals surface area contributed by atoms with Gasteiger partial charge in [-0.05, 0) is 60.9 Å². The number of sulfone groups is 1. The molecule has 0 atom stereocenters. The quantitative estimate of drug-likeness (QED) is 0.621. The molecule has 0 fully saturated rings. The van der Waals surface area contributed by atoms with Crippen molar-refractivity contribution in [3.8, 4) is 0 Å². The van der Waals surface area contributed by atoms with Crippen LogP contribution in [0.2, 0.25) is 0 Å². The first-order valence-corrected chi connectivity index (χ1v) is 11.7. The molecule has 6 nitrogen and oxygen atoms in total. The molecule has 0 radical (unpaired) electrons. The molecule has 0 aliphatic carbocycles. The lowest BCUT2D eigenvalue weighted by atomic mass is 9.97. The number of aryl methyl sites for hydroxylation is 1. The van der Waals surface area contributed by atoms with Gasteiger partial charge < -0.3 is 9.47 Å². The maximum Gasteiger partial charge on any atom is 0.258 e. The van der Waals surface area contributed by atoms with Gasteiger partial charge in [0, 0.05) is 42.6 Å². The van der Waals surface area contributed by atoms with Crippen LogP contribution in [0.3, 0.4) is 0 Å². The second-order valence-corrected chi connectivity index (χ2v) is 9.71. The molecule has 1 aromatic heterocycles. The third kappa shape index (κ3) is 4.03. The molecule has 0 N–H and O–H groups in total. The number of nitrogens with zero attached hydrogens (tertiary/aromatic N) is 2. The summed E-state index contributed by atoms with van der Waals surface area (Å²) in [6, 6.07) is 13.2. The molecule has 0 spiro atoms. The van der Waals surface area contributed by atoms with E-state index in [1.165, 1.54) is 17.0 Å². The first-order valence-electron chi connectivity index (χ1n) is 9.80. The van der Waals surface area contributed by atoms with Crippen LogP contribution < -0.4 is 10.5 Å². The van der Waals surface area contributed by atoms with E-state index in [4.69, 9.17) is 0 Å². The van der Waals surface area contributed by atoms with Gasteiger partial charge in [-0.2, -0.15) is 0 Å². The van der Waals surface area contributed by atoms with Crippen molar-refractivity contribution in [2.75, 3.05) is 18.2 Å². The van der Waals surface area contributed by atoms with E-state index in [1.807, 2.05) is 32.9 Å². The third-order valence-electron chi connectivity index (χ3n) is 5.29. The molecule has 0 unspecified atom stereocenters. The molecule has 0 saturated carbocycles. The maximum atomic E-state index is 13.1. The number of hydrogen-bond acceptors (Lipinski definition) is 4. The fourth-order valence-corrected chi connectivity index (χ4v) is 4.21. The summed E-state index contributed by atoms with van der Waals surface area (Å²) in [5.41, 5.74) is 2.77. The standard InChI is InChI=1S/C23H26N2O4S/c1-6-25-21-12-7-16(13-20(21)19(15(2)3)14-22(25)26)23(27)24(4)17-8-10-18(11-9-17)30(5,28)29/h7-15H,6H2,1-5H3. The van der Waals surface area contributed by atoms with Crippen LogP contribution in [0.5, 0.6) is 0 Å². The normalized spacial score (nSPS) is 11.8. The zero-order chi connectivity index (χ0) is 22.2. The van der Waals surface area contributed by atoms with E-state index >= 15 is 0 Å². The summed E-state index contributed by atoms with van der Waals surface area (Å²) in [5.74, 6) is -0.0775. The number of amides is 1. The van der Waals surface area contributed by atoms with Gasteiger partial charge in [-0.1, -0.05) is 13.8 Å². The predicted molar refractivity (Wildman–Crippen MR) is 120 cm³/mol. The SMILES string of the molecule is CCn1c(=O)cc(C(C)C)c2cc(C(=O)N(C)c3ccc(S(C)(=O)=O)cc3)ccc21. The smallest absolute Gasteiger partial charge is 0.258 e. The highest BCUT2D eigenvalue weighted by molar-refractivity contribution is 7.90.